The minimum atomic E-state index is -0.199. The number of nitrogens with one attached hydrogen (secondary N) is 1. The van der Waals surface area contributed by atoms with Gasteiger partial charge in [-0.3, -0.25) is 4.79 Å². The molecule has 0 saturated heterocycles. The Balaban J connectivity index is 1.64. The second-order valence-corrected chi connectivity index (χ2v) is 7.71. The molecule has 3 aromatic carbocycles. The molecule has 3 aromatic rings. The number of hydrogen-bond acceptors (Lipinski definition) is 5. The highest BCUT2D eigenvalue weighted by atomic mass is 16.5. The number of hydrogen-bond donors (Lipinski definition) is 1. The molecule has 168 valence electrons. The molecule has 0 radical (unpaired) electrons. The molecule has 0 saturated carbocycles. The van der Waals surface area contributed by atoms with Crippen LogP contribution in [0.25, 0.3) is 11.1 Å². The average molecular weight is 435 g/mol. The van der Waals surface area contributed by atoms with Gasteiger partial charge >= 0.3 is 0 Å². The SMILES string of the molecule is COc1cc(CNC(=O)COc2ccc(-c3ccccc3)cc2CN(C)C)cc(OC)c1. The zero-order chi connectivity index (χ0) is 22.9. The molecule has 0 atom stereocenters. The molecule has 6 nitrogen and oxygen atoms in total. The Bertz CT molecular complexity index is 1010. The van der Waals surface area contributed by atoms with Gasteiger partial charge in [0, 0.05) is 24.7 Å². The average Bonchev–Trinajstić information content (AvgIpc) is 2.81. The molecule has 1 N–H and O–H groups in total. The van der Waals surface area contributed by atoms with Crippen LogP contribution in [0.5, 0.6) is 17.2 Å². The van der Waals surface area contributed by atoms with Gasteiger partial charge in [-0.1, -0.05) is 36.4 Å². The Labute approximate surface area is 189 Å². The van der Waals surface area contributed by atoms with E-state index in [1.165, 1.54) is 0 Å². The third kappa shape index (κ3) is 6.49. The van der Waals surface area contributed by atoms with E-state index in [1.54, 1.807) is 20.3 Å². The summed E-state index contributed by atoms with van der Waals surface area (Å²) >= 11 is 0. The van der Waals surface area contributed by atoms with Crippen molar-refractivity contribution in [2.75, 3.05) is 34.9 Å². The van der Waals surface area contributed by atoms with E-state index in [4.69, 9.17) is 14.2 Å². The van der Waals surface area contributed by atoms with Gasteiger partial charge in [-0.15, -0.1) is 0 Å². The third-order valence-electron chi connectivity index (χ3n) is 4.91. The van der Waals surface area contributed by atoms with E-state index in [2.05, 4.69) is 28.4 Å². The van der Waals surface area contributed by atoms with Crippen molar-refractivity contribution in [3.05, 3.63) is 77.9 Å². The topological polar surface area (TPSA) is 60.0 Å². The summed E-state index contributed by atoms with van der Waals surface area (Å²) in [6.07, 6.45) is 0. The van der Waals surface area contributed by atoms with Crippen LogP contribution >= 0.6 is 0 Å². The number of amides is 1. The first-order chi connectivity index (χ1) is 15.5. The van der Waals surface area contributed by atoms with E-state index in [-0.39, 0.29) is 12.5 Å². The maximum absolute atomic E-state index is 12.4. The molecular weight excluding hydrogens is 404 g/mol. The lowest BCUT2D eigenvalue weighted by Gasteiger charge is -2.17. The van der Waals surface area contributed by atoms with Crippen molar-refractivity contribution in [3.63, 3.8) is 0 Å². The first-order valence-electron chi connectivity index (χ1n) is 10.4. The second-order valence-electron chi connectivity index (χ2n) is 7.71. The molecular formula is C26H30N2O4. The lowest BCUT2D eigenvalue weighted by Crippen LogP contribution is -2.28. The van der Waals surface area contributed by atoms with Crippen molar-refractivity contribution < 1.29 is 19.0 Å². The molecule has 0 unspecified atom stereocenters. The Kier molecular flexibility index (Phi) is 8.11. The summed E-state index contributed by atoms with van der Waals surface area (Å²) in [5.74, 6) is 1.86. The van der Waals surface area contributed by atoms with E-state index < -0.39 is 0 Å². The van der Waals surface area contributed by atoms with Gasteiger partial charge < -0.3 is 24.4 Å². The molecule has 1 amide bonds. The Morgan fingerprint density at radius 1 is 0.875 bits per heavy atom. The lowest BCUT2D eigenvalue weighted by atomic mass is 10.0. The van der Waals surface area contributed by atoms with E-state index in [1.807, 2.05) is 56.6 Å². The molecule has 6 heteroatoms. The zero-order valence-electron chi connectivity index (χ0n) is 19.1. The van der Waals surface area contributed by atoms with Crippen molar-refractivity contribution in [1.29, 1.82) is 0 Å². The molecule has 0 aliphatic rings. The summed E-state index contributed by atoms with van der Waals surface area (Å²) in [6.45, 7) is 1.00. The summed E-state index contributed by atoms with van der Waals surface area (Å²) in [4.78, 5) is 14.5. The van der Waals surface area contributed by atoms with Crippen LogP contribution in [-0.4, -0.2) is 45.7 Å². The summed E-state index contributed by atoms with van der Waals surface area (Å²) in [5.41, 5.74) is 4.17. The minimum Gasteiger partial charge on any atom is -0.497 e. The van der Waals surface area contributed by atoms with Crippen molar-refractivity contribution in [1.82, 2.24) is 10.2 Å². The Morgan fingerprint density at radius 2 is 1.56 bits per heavy atom. The smallest absolute Gasteiger partial charge is 0.258 e. The lowest BCUT2D eigenvalue weighted by molar-refractivity contribution is -0.123. The standard InChI is InChI=1S/C26H30N2O4/c1-28(2)17-22-14-21(20-8-6-5-7-9-20)10-11-25(22)32-18-26(29)27-16-19-12-23(30-3)15-24(13-19)31-4/h5-15H,16-18H2,1-4H3,(H,27,29). The molecule has 0 aliphatic carbocycles. The number of carbonyl (C=O) groups excluding carboxylic acids is 1. The molecule has 3 rings (SSSR count). The van der Waals surface area contributed by atoms with Gasteiger partial charge in [-0.05, 0) is 55.1 Å². The highest BCUT2D eigenvalue weighted by Crippen LogP contribution is 2.27. The van der Waals surface area contributed by atoms with Gasteiger partial charge in [0.2, 0.25) is 0 Å². The van der Waals surface area contributed by atoms with Crippen LogP contribution in [0.2, 0.25) is 0 Å². The first kappa shape index (κ1) is 23.2. The fraction of sp³-hybridized carbons (Fsp3) is 0.269. The van der Waals surface area contributed by atoms with Crippen LogP contribution in [0.3, 0.4) is 0 Å². The quantitative estimate of drug-likeness (QED) is 0.520. The highest BCUT2D eigenvalue weighted by Gasteiger charge is 2.11. The predicted octanol–water partition coefficient (Wildman–Crippen LogP) is 4.13. The molecule has 32 heavy (non-hydrogen) atoms. The first-order valence-corrected chi connectivity index (χ1v) is 10.4. The normalized spacial score (nSPS) is 10.7. The Morgan fingerprint density at radius 3 is 2.19 bits per heavy atom. The van der Waals surface area contributed by atoms with Crippen LogP contribution < -0.4 is 19.5 Å². The predicted molar refractivity (Wildman–Crippen MR) is 126 cm³/mol. The summed E-state index contributed by atoms with van der Waals surface area (Å²) in [6, 6.07) is 21.8. The maximum Gasteiger partial charge on any atom is 0.258 e. The minimum absolute atomic E-state index is 0.0633. The number of benzene rings is 3. The van der Waals surface area contributed by atoms with E-state index in [9.17, 15) is 4.79 Å². The molecule has 0 bridgehead atoms. The van der Waals surface area contributed by atoms with Gasteiger partial charge in [0.1, 0.15) is 17.2 Å². The number of carbonyl (C=O) groups is 1. The second kappa shape index (κ2) is 11.2. The van der Waals surface area contributed by atoms with E-state index in [0.29, 0.717) is 30.3 Å². The summed E-state index contributed by atoms with van der Waals surface area (Å²) in [7, 11) is 7.21. The van der Waals surface area contributed by atoms with Crippen LogP contribution in [0.15, 0.2) is 66.7 Å². The molecule has 0 heterocycles. The molecule has 0 spiro atoms. The van der Waals surface area contributed by atoms with Crippen molar-refractivity contribution in [2.24, 2.45) is 0 Å². The third-order valence-corrected chi connectivity index (χ3v) is 4.91. The van der Waals surface area contributed by atoms with Crippen LogP contribution in [0, 0.1) is 0 Å². The van der Waals surface area contributed by atoms with E-state index >= 15 is 0 Å². The van der Waals surface area contributed by atoms with Gasteiger partial charge in [0.15, 0.2) is 6.61 Å². The Hall–Kier alpha value is -3.51. The number of methoxy groups -OCH3 is 2. The van der Waals surface area contributed by atoms with E-state index in [0.717, 1.165) is 22.3 Å². The monoisotopic (exact) mass is 434 g/mol. The van der Waals surface area contributed by atoms with Crippen LogP contribution in [0.4, 0.5) is 0 Å². The van der Waals surface area contributed by atoms with Crippen molar-refractivity contribution in [2.45, 2.75) is 13.1 Å². The van der Waals surface area contributed by atoms with Crippen molar-refractivity contribution >= 4 is 5.91 Å². The number of nitrogens with zero attached hydrogens (tertiary/aromatic N) is 1. The van der Waals surface area contributed by atoms with Gasteiger partial charge in [-0.2, -0.15) is 0 Å². The van der Waals surface area contributed by atoms with Crippen LogP contribution in [0.1, 0.15) is 11.1 Å². The zero-order valence-corrected chi connectivity index (χ0v) is 19.1. The summed E-state index contributed by atoms with van der Waals surface area (Å²) < 4.78 is 16.4. The summed E-state index contributed by atoms with van der Waals surface area (Å²) in [5, 5.41) is 2.88. The molecule has 0 fully saturated rings. The largest absolute Gasteiger partial charge is 0.497 e. The number of ether oxygens (including phenoxy) is 3. The fourth-order valence-corrected chi connectivity index (χ4v) is 3.36. The maximum atomic E-state index is 12.4. The van der Waals surface area contributed by atoms with Gasteiger partial charge in [0.05, 0.1) is 14.2 Å². The highest BCUT2D eigenvalue weighted by molar-refractivity contribution is 5.77. The molecule has 0 aliphatic heterocycles. The molecule has 0 aromatic heterocycles. The van der Waals surface area contributed by atoms with Crippen LogP contribution in [-0.2, 0) is 17.9 Å². The number of rotatable bonds is 10. The van der Waals surface area contributed by atoms with Gasteiger partial charge in [0.25, 0.3) is 5.91 Å². The van der Waals surface area contributed by atoms with Crippen molar-refractivity contribution in [3.8, 4) is 28.4 Å². The van der Waals surface area contributed by atoms with Gasteiger partial charge in [-0.25, -0.2) is 0 Å². The fourth-order valence-electron chi connectivity index (χ4n) is 3.36.